The third kappa shape index (κ3) is 2.56. The quantitative estimate of drug-likeness (QED) is 0.824. The molecule has 0 fully saturated rings. The summed E-state index contributed by atoms with van der Waals surface area (Å²) in [4.78, 5) is 12.7. The highest BCUT2D eigenvalue weighted by atomic mass is 32.2. The average Bonchev–Trinajstić information content (AvgIpc) is 2.97. The number of ether oxygens (including phenoxy) is 1. The Morgan fingerprint density at radius 2 is 2.04 bits per heavy atom. The first kappa shape index (κ1) is 16.8. The number of anilines is 1. The molecule has 0 radical (unpaired) electrons. The lowest BCUT2D eigenvalue weighted by Gasteiger charge is -2.31. The van der Waals surface area contributed by atoms with E-state index < -0.39 is 15.9 Å². The molecule has 0 bridgehead atoms. The van der Waals surface area contributed by atoms with Crippen molar-refractivity contribution < 1.29 is 13.7 Å². The summed E-state index contributed by atoms with van der Waals surface area (Å²) in [6, 6.07) is 1.66. The first-order valence-electron chi connectivity index (χ1n) is 9.17. The van der Waals surface area contributed by atoms with Crippen LogP contribution in [-0.2, 0) is 35.6 Å². The van der Waals surface area contributed by atoms with E-state index >= 15 is 0 Å². The van der Waals surface area contributed by atoms with Crippen LogP contribution < -0.4 is 15.2 Å². The zero-order valence-corrected chi connectivity index (χ0v) is 15.8. The Kier molecular flexibility index (Phi) is 3.60. The van der Waals surface area contributed by atoms with Crippen LogP contribution in [-0.4, -0.2) is 26.6 Å². The second-order valence-electron chi connectivity index (χ2n) is 7.36. The number of carbonyl (C=O) groups is 1. The maximum atomic E-state index is 13.0. The predicted octanol–water partition coefficient (Wildman–Crippen LogP) is 2.36. The molecule has 2 heterocycles. The van der Waals surface area contributed by atoms with Crippen molar-refractivity contribution in [3.05, 3.63) is 34.5 Å². The van der Waals surface area contributed by atoms with Crippen molar-refractivity contribution in [3.8, 4) is 5.88 Å². The fourth-order valence-electron chi connectivity index (χ4n) is 3.96. The van der Waals surface area contributed by atoms with Gasteiger partial charge in [-0.3, -0.25) is 0 Å². The molecule has 5 rings (SSSR count). The Balaban J connectivity index is 1.47. The second kappa shape index (κ2) is 5.80. The lowest BCUT2D eigenvalue weighted by Crippen LogP contribution is -2.25. The number of amides is 2. The Morgan fingerprint density at radius 1 is 1.33 bits per heavy atom. The largest absolute Gasteiger partial charge is 0.477 e. The van der Waals surface area contributed by atoms with Gasteiger partial charge in [-0.05, 0) is 54.9 Å². The van der Waals surface area contributed by atoms with Crippen LogP contribution in [0.5, 0.6) is 5.88 Å². The van der Waals surface area contributed by atoms with Gasteiger partial charge in [-0.2, -0.15) is 5.10 Å². The van der Waals surface area contributed by atoms with Gasteiger partial charge in [0.25, 0.3) is 0 Å². The topological polar surface area (TPSA) is 112 Å². The van der Waals surface area contributed by atoms with Crippen LogP contribution in [0.1, 0.15) is 41.6 Å². The first-order chi connectivity index (χ1) is 12.9. The highest BCUT2D eigenvalue weighted by molar-refractivity contribution is 7.91. The number of fused-ring (bicyclic) bond motifs is 3. The minimum atomic E-state index is -3.46. The van der Waals surface area contributed by atoms with Gasteiger partial charge in [-0.1, -0.05) is 6.07 Å². The van der Waals surface area contributed by atoms with E-state index in [2.05, 4.69) is 20.8 Å². The number of aryl methyl sites for hydroxylation is 2. The molecule has 0 spiro atoms. The summed E-state index contributed by atoms with van der Waals surface area (Å²) in [6.07, 6.45) is 6.15. The van der Waals surface area contributed by atoms with Crippen molar-refractivity contribution in [3.63, 3.8) is 0 Å². The number of aromatic nitrogens is 2. The maximum Gasteiger partial charge on any atom is 0.354 e. The number of nitrogens with one attached hydrogen (secondary N) is 1. The van der Waals surface area contributed by atoms with E-state index in [4.69, 9.17) is 9.88 Å². The van der Waals surface area contributed by atoms with Crippen LogP contribution >= 0.6 is 0 Å². The third-order valence-electron chi connectivity index (χ3n) is 5.69. The van der Waals surface area contributed by atoms with Crippen LogP contribution in [0.2, 0.25) is 0 Å². The second-order valence-corrected chi connectivity index (χ2v) is 9.12. The summed E-state index contributed by atoms with van der Waals surface area (Å²) < 4.78 is 24.0. The minimum Gasteiger partial charge on any atom is -0.477 e. The molecule has 3 N–H and O–H groups in total. The molecule has 0 saturated heterocycles. The summed E-state index contributed by atoms with van der Waals surface area (Å²) >= 11 is 0. The Morgan fingerprint density at radius 3 is 2.67 bits per heavy atom. The SMILES string of the molecule is CC1CCOc2c(S(N)(=O)=NC(=O)Nc3c4c(cc5c3CC5)CC4)cnn21. The average molecular weight is 387 g/mol. The van der Waals surface area contributed by atoms with Gasteiger partial charge in [-0.25, -0.2) is 18.8 Å². The first-order valence-corrected chi connectivity index (χ1v) is 10.7. The monoisotopic (exact) mass is 387 g/mol. The predicted molar refractivity (Wildman–Crippen MR) is 100 cm³/mol. The van der Waals surface area contributed by atoms with E-state index in [1.54, 1.807) is 4.68 Å². The number of nitrogens with zero attached hydrogens (tertiary/aromatic N) is 3. The highest BCUT2D eigenvalue weighted by Gasteiger charge is 2.29. The molecule has 27 heavy (non-hydrogen) atoms. The standard InChI is InChI=1S/C18H21N5O3S/c1-10-6-7-26-17-15(9-20-23(10)17)27(19,25)22-18(24)21-16-13-4-2-11(13)8-12-3-5-14(12)16/h8-10H,2-7H2,1H3,(H3,19,21,22,24,25). The number of carbonyl (C=O) groups excluding carboxylic acids is 1. The van der Waals surface area contributed by atoms with Crippen molar-refractivity contribution in [2.24, 2.45) is 9.50 Å². The zero-order valence-electron chi connectivity index (χ0n) is 15.0. The molecule has 2 unspecified atom stereocenters. The van der Waals surface area contributed by atoms with Crippen LogP contribution in [0.3, 0.4) is 0 Å². The molecule has 1 aromatic heterocycles. The van der Waals surface area contributed by atoms with Crippen molar-refractivity contribution in [2.45, 2.75) is 50.0 Å². The molecule has 2 amide bonds. The van der Waals surface area contributed by atoms with Gasteiger partial charge in [0.1, 0.15) is 4.90 Å². The third-order valence-corrected chi connectivity index (χ3v) is 7.04. The van der Waals surface area contributed by atoms with Crippen LogP contribution in [0.15, 0.2) is 21.5 Å². The summed E-state index contributed by atoms with van der Waals surface area (Å²) in [6.45, 7) is 2.49. The van der Waals surface area contributed by atoms with Gasteiger partial charge in [-0.15, -0.1) is 4.36 Å². The molecule has 2 aromatic rings. The number of rotatable bonds is 2. The van der Waals surface area contributed by atoms with Gasteiger partial charge in [0, 0.05) is 12.1 Å². The number of nitrogens with two attached hydrogens (primary N) is 1. The van der Waals surface area contributed by atoms with E-state index in [1.807, 2.05) is 6.92 Å². The molecule has 2 aliphatic carbocycles. The Bertz CT molecular complexity index is 1070. The van der Waals surface area contributed by atoms with Crippen molar-refractivity contribution >= 4 is 21.6 Å². The molecule has 3 aliphatic rings. The number of benzene rings is 1. The number of hydrogen-bond acceptors (Lipinski definition) is 4. The number of urea groups is 1. The van der Waals surface area contributed by atoms with Crippen LogP contribution in [0, 0.1) is 0 Å². The smallest absolute Gasteiger partial charge is 0.354 e. The van der Waals surface area contributed by atoms with E-state index in [0.29, 0.717) is 12.5 Å². The molecule has 0 saturated carbocycles. The van der Waals surface area contributed by atoms with Gasteiger partial charge >= 0.3 is 6.03 Å². The van der Waals surface area contributed by atoms with E-state index in [9.17, 15) is 9.00 Å². The zero-order chi connectivity index (χ0) is 18.8. The van der Waals surface area contributed by atoms with Crippen molar-refractivity contribution in [1.29, 1.82) is 0 Å². The Labute approximate surface area is 157 Å². The van der Waals surface area contributed by atoms with Gasteiger partial charge < -0.3 is 10.1 Å². The Hall–Kier alpha value is -2.39. The van der Waals surface area contributed by atoms with Crippen LogP contribution in [0.25, 0.3) is 0 Å². The van der Waals surface area contributed by atoms with E-state index in [1.165, 1.54) is 28.5 Å². The normalized spacial score (nSPS) is 21.3. The fourth-order valence-corrected chi connectivity index (χ4v) is 4.95. The lowest BCUT2D eigenvalue weighted by molar-refractivity contribution is 0.196. The summed E-state index contributed by atoms with van der Waals surface area (Å²) in [5.41, 5.74) is 5.74. The van der Waals surface area contributed by atoms with Crippen molar-refractivity contribution in [2.75, 3.05) is 11.9 Å². The van der Waals surface area contributed by atoms with E-state index in [0.717, 1.165) is 37.8 Å². The molecular formula is C18H21N5O3S. The molecule has 1 aliphatic heterocycles. The molecule has 142 valence electrons. The van der Waals surface area contributed by atoms with Crippen molar-refractivity contribution in [1.82, 2.24) is 9.78 Å². The summed E-state index contributed by atoms with van der Waals surface area (Å²) in [5, 5.41) is 13.0. The lowest BCUT2D eigenvalue weighted by atomic mass is 9.76. The highest BCUT2D eigenvalue weighted by Crippen LogP contribution is 2.41. The molecule has 2 atom stereocenters. The molecule has 9 heteroatoms. The van der Waals surface area contributed by atoms with Gasteiger partial charge in [0.15, 0.2) is 9.92 Å². The van der Waals surface area contributed by atoms with Gasteiger partial charge in [0.05, 0.1) is 18.8 Å². The fraction of sp³-hybridized carbons (Fsp3) is 0.444. The molecule has 8 nitrogen and oxygen atoms in total. The summed E-state index contributed by atoms with van der Waals surface area (Å²) in [5.74, 6) is 0.339. The minimum absolute atomic E-state index is 0.119. The van der Waals surface area contributed by atoms with Crippen LogP contribution in [0.4, 0.5) is 10.5 Å². The number of hydrogen-bond donors (Lipinski definition) is 2. The van der Waals surface area contributed by atoms with E-state index in [-0.39, 0.29) is 10.9 Å². The molecule has 1 aromatic carbocycles. The molecular weight excluding hydrogens is 366 g/mol. The van der Waals surface area contributed by atoms with Gasteiger partial charge in [0.2, 0.25) is 5.88 Å². The maximum absolute atomic E-state index is 13.0. The summed E-state index contributed by atoms with van der Waals surface area (Å²) in [7, 11) is -3.46.